The van der Waals surface area contributed by atoms with E-state index in [4.69, 9.17) is 0 Å². The molecule has 5 heteroatoms. The van der Waals surface area contributed by atoms with Crippen LogP contribution in [0.4, 0.5) is 5.69 Å². The highest BCUT2D eigenvalue weighted by Crippen LogP contribution is 2.56. The summed E-state index contributed by atoms with van der Waals surface area (Å²) < 4.78 is 0. The molecule has 4 rings (SSSR count). The highest BCUT2D eigenvalue weighted by molar-refractivity contribution is 6.07. The van der Waals surface area contributed by atoms with Gasteiger partial charge in [-0.2, -0.15) is 0 Å². The lowest BCUT2D eigenvalue weighted by molar-refractivity contribution is -0.147. The monoisotopic (exact) mass is 320 g/mol. The summed E-state index contributed by atoms with van der Waals surface area (Å²) in [6.07, 6.45) is 6.99. The first-order valence-corrected chi connectivity index (χ1v) is 7.73. The number of carboxylic acid groups (broad SMARTS) is 1. The van der Waals surface area contributed by atoms with E-state index < -0.39 is 11.4 Å². The van der Waals surface area contributed by atoms with Crippen LogP contribution in [0.3, 0.4) is 0 Å². The maximum absolute atomic E-state index is 12.4. The van der Waals surface area contributed by atoms with Gasteiger partial charge in [0.1, 0.15) is 5.41 Å². The number of rotatable bonds is 2. The molecule has 3 unspecified atom stereocenters. The predicted molar refractivity (Wildman–Crippen MR) is 88.5 cm³/mol. The molecule has 2 saturated heterocycles. The van der Waals surface area contributed by atoms with E-state index >= 15 is 0 Å². The smallest absolute Gasteiger partial charge is 0.321 e. The van der Waals surface area contributed by atoms with Gasteiger partial charge in [0.2, 0.25) is 0 Å². The molecular weight excluding hydrogens is 300 g/mol. The second-order valence-corrected chi connectivity index (χ2v) is 6.62. The average molecular weight is 321 g/mol. The van der Waals surface area contributed by atoms with E-state index in [0.29, 0.717) is 6.04 Å². The SMILES string of the molecule is CN1C2CCCC1(C1(C(=O)O)C=Nc3ccccc31)CC2.Cl. The molecule has 3 atom stereocenters. The zero-order chi connectivity index (χ0) is 14.7. The minimum Gasteiger partial charge on any atom is -0.480 e. The van der Waals surface area contributed by atoms with Crippen molar-refractivity contribution in [3.8, 4) is 0 Å². The molecule has 3 aliphatic rings. The summed E-state index contributed by atoms with van der Waals surface area (Å²) in [6, 6.07) is 8.24. The number of para-hydroxylation sites is 1. The number of hydrogen-bond donors (Lipinski definition) is 1. The van der Waals surface area contributed by atoms with Crippen LogP contribution < -0.4 is 0 Å². The minimum absolute atomic E-state index is 0. The summed E-state index contributed by atoms with van der Waals surface area (Å²) in [5.74, 6) is -0.759. The lowest BCUT2D eigenvalue weighted by Crippen LogP contribution is -2.64. The summed E-state index contributed by atoms with van der Waals surface area (Å²) in [5.41, 5.74) is 0.370. The van der Waals surface area contributed by atoms with Crippen molar-refractivity contribution in [1.82, 2.24) is 4.90 Å². The Morgan fingerprint density at radius 2 is 2.09 bits per heavy atom. The number of carbonyl (C=O) groups is 1. The Labute approximate surface area is 136 Å². The van der Waals surface area contributed by atoms with Crippen molar-refractivity contribution in [2.24, 2.45) is 4.99 Å². The minimum atomic E-state index is -0.993. The normalized spacial score (nSPS) is 36.0. The lowest BCUT2D eigenvalue weighted by Gasteiger charge is -2.50. The van der Waals surface area contributed by atoms with Crippen LogP contribution in [0.5, 0.6) is 0 Å². The molecule has 0 radical (unpaired) electrons. The van der Waals surface area contributed by atoms with Crippen molar-refractivity contribution in [2.45, 2.75) is 49.1 Å². The zero-order valence-electron chi connectivity index (χ0n) is 12.7. The predicted octanol–water partition coefficient (Wildman–Crippen LogP) is 3.16. The van der Waals surface area contributed by atoms with Gasteiger partial charge in [0.15, 0.2) is 0 Å². The Balaban J connectivity index is 0.00000144. The maximum Gasteiger partial charge on any atom is 0.321 e. The van der Waals surface area contributed by atoms with Crippen LogP contribution in [-0.2, 0) is 10.2 Å². The van der Waals surface area contributed by atoms with Crippen LogP contribution >= 0.6 is 12.4 Å². The lowest BCUT2D eigenvalue weighted by atomic mass is 9.62. The molecule has 1 aromatic rings. The molecule has 0 aromatic heterocycles. The Morgan fingerprint density at radius 1 is 1.32 bits per heavy atom. The second kappa shape index (κ2) is 5.07. The van der Waals surface area contributed by atoms with E-state index in [2.05, 4.69) is 16.9 Å². The summed E-state index contributed by atoms with van der Waals surface area (Å²) in [5, 5.41) is 10.2. The third-order valence-corrected chi connectivity index (χ3v) is 6.04. The number of aliphatic imine (C=N–C) groups is 1. The Kier molecular flexibility index (Phi) is 3.57. The Hall–Kier alpha value is -1.39. The van der Waals surface area contributed by atoms with Gasteiger partial charge in [-0.15, -0.1) is 12.4 Å². The summed E-state index contributed by atoms with van der Waals surface area (Å²) >= 11 is 0. The van der Waals surface area contributed by atoms with Gasteiger partial charge in [-0.1, -0.05) is 18.2 Å². The summed E-state index contributed by atoms with van der Waals surface area (Å²) in [7, 11) is 2.11. The van der Waals surface area contributed by atoms with Crippen molar-refractivity contribution in [3.63, 3.8) is 0 Å². The standard InChI is InChI=1S/C17H20N2O2.ClH/c1-19-12-5-4-9-16(19,10-8-12)17(15(20)21)11-18-14-7-3-2-6-13(14)17;/h2-3,6-7,11-12H,4-5,8-10H2,1H3,(H,20,21);1H. The van der Waals surface area contributed by atoms with Crippen molar-refractivity contribution < 1.29 is 9.90 Å². The molecule has 0 aliphatic carbocycles. The van der Waals surface area contributed by atoms with E-state index in [0.717, 1.165) is 36.9 Å². The number of piperidine rings is 1. The van der Waals surface area contributed by atoms with Crippen LogP contribution in [-0.4, -0.2) is 40.8 Å². The van der Waals surface area contributed by atoms with Gasteiger partial charge in [0.25, 0.3) is 0 Å². The number of hydrogen-bond acceptors (Lipinski definition) is 3. The quantitative estimate of drug-likeness (QED) is 0.910. The fraction of sp³-hybridized carbons (Fsp3) is 0.529. The molecule has 0 spiro atoms. The van der Waals surface area contributed by atoms with Gasteiger partial charge in [0.05, 0.1) is 5.69 Å². The van der Waals surface area contributed by atoms with Crippen LogP contribution in [0.15, 0.2) is 29.3 Å². The van der Waals surface area contributed by atoms with Gasteiger partial charge in [0, 0.05) is 23.4 Å². The highest BCUT2D eigenvalue weighted by Gasteiger charge is 2.65. The zero-order valence-corrected chi connectivity index (χ0v) is 13.5. The van der Waals surface area contributed by atoms with Crippen molar-refractivity contribution in [3.05, 3.63) is 29.8 Å². The van der Waals surface area contributed by atoms with E-state index in [1.807, 2.05) is 24.3 Å². The number of benzene rings is 1. The third-order valence-electron chi connectivity index (χ3n) is 6.04. The molecule has 3 aliphatic heterocycles. The fourth-order valence-corrected chi connectivity index (χ4v) is 4.96. The highest BCUT2D eigenvalue weighted by atomic mass is 35.5. The van der Waals surface area contributed by atoms with E-state index in [1.54, 1.807) is 6.21 Å². The summed E-state index contributed by atoms with van der Waals surface area (Å²) in [6.45, 7) is 0. The van der Waals surface area contributed by atoms with Crippen LogP contribution in [0.2, 0.25) is 0 Å². The van der Waals surface area contributed by atoms with Crippen LogP contribution in [0.25, 0.3) is 0 Å². The molecule has 1 aromatic carbocycles. The topological polar surface area (TPSA) is 52.9 Å². The molecule has 22 heavy (non-hydrogen) atoms. The molecule has 2 fully saturated rings. The molecule has 0 saturated carbocycles. The fourth-order valence-electron chi connectivity index (χ4n) is 4.96. The number of halogens is 1. The van der Waals surface area contributed by atoms with Gasteiger partial charge in [-0.25, -0.2) is 0 Å². The number of nitrogens with zero attached hydrogens (tertiary/aromatic N) is 2. The Bertz CT molecular complexity index is 643. The number of fused-ring (bicyclic) bond motifs is 3. The first-order valence-electron chi connectivity index (χ1n) is 7.73. The van der Waals surface area contributed by atoms with Gasteiger partial charge in [-0.05, 0) is 45.2 Å². The third kappa shape index (κ3) is 1.62. The molecule has 4 nitrogen and oxygen atoms in total. The Morgan fingerprint density at radius 3 is 2.86 bits per heavy atom. The molecule has 3 heterocycles. The van der Waals surface area contributed by atoms with Gasteiger partial charge < -0.3 is 5.11 Å². The molecule has 118 valence electrons. The summed E-state index contributed by atoms with van der Waals surface area (Å²) in [4.78, 5) is 19.2. The maximum atomic E-state index is 12.4. The first-order chi connectivity index (χ1) is 10.1. The van der Waals surface area contributed by atoms with E-state index in [9.17, 15) is 9.90 Å². The van der Waals surface area contributed by atoms with E-state index in [-0.39, 0.29) is 17.9 Å². The van der Waals surface area contributed by atoms with Gasteiger partial charge >= 0.3 is 5.97 Å². The van der Waals surface area contributed by atoms with Crippen molar-refractivity contribution >= 4 is 30.3 Å². The molecule has 2 bridgehead atoms. The number of aliphatic carboxylic acids is 1. The average Bonchev–Trinajstić information content (AvgIpc) is 2.93. The molecule has 0 amide bonds. The van der Waals surface area contributed by atoms with Gasteiger partial charge in [-0.3, -0.25) is 14.7 Å². The van der Waals surface area contributed by atoms with E-state index in [1.165, 1.54) is 6.42 Å². The molecular formula is C17H21ClN2O2. The van der Waals surface area contributed by atoms with Crippen molar-refractivity contribution in [1.29, 1.82) is 0 Å². The van der Waals surface area contributed by atoms with Crippen LogP contribution in [0.1, 0.15) is 37.7 Å². The second-order valence-electron chi connectivity index (χ2n) is 6.62. The first kappa shape index (κ1) is 15.5. The molecule has 1 N–H and O–H groups in total. The van der Waals surface area contributed by atoms with Crippen LogP contribution in [0, 0.1) is 0 Å². The largest absolute Gasteiger partial charge is 0.480 e. The number of carboxylic acids is 1. The number of likely N-dealkylation sites (N-methyl/N-ethyl adjacent to an activating group) is 1. The van der Waals surface area contributed by atoms with Crippen molar-refractivity contribution in [2.75, 3.05) is 7.05 Å².